The first-order valence-corrected chi connectivity index (χ1v) is 5.25. The lowest BCUT2D eigenvalue weighted by Crippen LogP contribution is -2.36. The maximum Gasteiger partial charge on any atom is 0.334 e. The molecule has 0 radical (unpaired) electrons. The number of aliphatic hydroxyl groups is 1. The summed E-state index contributed by atoms with van der Waals surface area (Å²) < 4.78 is 0.609. The van der Waals surface area contributed by atoms with E-state index in [4.69, 9.17) is 10.2 Å². The van der Waals surface area contributed by atoms with Crippen LogP contribution in [0.2, 0.25) is 0 Å². The molecule has 0 fully saturated rings. The van der Waals surface area contributed by atoms with Crippen LogP contribution < -0.4 is 5.32 Å². The molecule has 0 aliphatic carbocycles. The summed E-state index contributed by atoms with van der Waals surface area (Å²) in [4.78, 5) is 21.9. The number of nitrogens with one attached hydrogen (secondary N) is 1. The highest BCUT2D eigenvalue weighted by Crippen LogP contribution is 2.15. The predicted octanol–water partition coefficient (Wildman–Crippen LogP) is 0.624. The molecule has 1 amide bonds. The van der Waals surface area contributed by atoms with Crippen molar-refractivity contribution in [2.75, 3.05) is 6.54 Å². The van der Waals surface area contributed by atoms with Gasteiger partial charge in [-0.3, -0.25) is 4.79 Å². The fraction of sp³-hybridized carbons (Fsp3) is 0.200. The average molecular weight is 288 g/mol. The van der Waals surface area contributed by atoms with Crippen molar-refractivity contribution in [3.63, 3.8) is 0 Å². The summed E-state index contributed by atoms with van der Waals surface area (Å²) in [5.41, 5.74) is 0.389. The molecule has 1 aromatic rings. The molecule has 0 aliphatic rings. The molecule has 0 aliphatic heterocycles. The van der Waals surface area contributed by atoms with Crippen LogP contribution in [-0.2, 0) is 4.79 Å². The van der Waals surface area contributed by atoms with E-state index in [2.05, 4.69) is 21.2 Å². The molecule has 0 bridgehead atoms. The fourth-order valence-electron chi connectivity index (χ4n) is 1.02. The van der Waals surface area contributed by atoms with Crippen LogP contribution in [0.1, 0.15) is 10.4 Å². The average Bonchev–Trinajstić information content (AvgIpc) is 2.25. The summed E-state index contributed by atoms with van der Waals surface area (Å²) in [7, 11) is 0. The molecule has 0 saturated carbocycles. The van der Waals surface area contributed by atoms with Gasteiger partial charge in [0, 0.05) is 4.47 Å². The van der Waals surface area contributed by atoms with Crippen LogP contribution in [0.3, 0.4) is 0 Å². The highest BCUT2D eigenvalue weighted by atomic mass is 79.9. The Hall–Kier alpha value is -1.40. The molecule has 1 unspecified atom stereocenters. The largest absolute Gasteiger partial charge is 0.479 e. The minimum Gasteiger partial charge on any atom is -0.479 e. The molecule has 6 heteroatoms. The van der Waals surface area contributed by atoms with E-state index in [1.165, 1.54) is 0 Å². The summed E-state index contributed by atoms with van der Waals surface area (Å²) in [6.07, 6.45) is -1.59. The zero-order valence-electron chi connectivity index (χ0n) is 8.18. The van der Waals surface area contributed by atoms with Gasteiger partial charge in [0.1, 0.15) is 0 Å². The van der Waals surface area contributed by atoms with Crippen molar-refractivity contribution < 1.29 is 19.8 Å². The van der Waals surface area contributed by atoms with Crippen molar-refractivity contribution in [2.24, 2.45) is 0 Å². The van der Waals surface area contributed by atoms with Crippen molar-refractivity contribution >= 4 is 27.8 Å². The minimum absolute atomic E-state index is 0.324. The molecule has 16 heavy (non-hydrogen) atoms. The van der Waals surface area contributed by atoms with E-state index < -0.39 is 18.0 Å². The van der Waals surface area contributed by atoms with Crippen LogP contribution >= 0.6 is 15.9 Å². The van der Waals surface area contributed by atoms with Crippen molar-refractivity contribution in [2.45, 2.75) is 6.10 Å². The van der Waals surface area contributed by atoms with Crippen LogP contribution in [0.4, 0.5) is 0 Å². The Kier molecular flexibility index (Phi) is 4.45. The molecule has 86 valence electrons. The van der Waals surface area contributed by atoms with Gasteiger partial charge in [-0.15, -0.1) is 0 Å². The van der Waals surface area contributed by atoms with Gasteiger partial charge in [-0.1, -0.05) is 12.1 Å². The molecule has 5 nitrogen and oxygen atoms in total. The number of carboxylic acids is 1. The monoisotopic (exact) mass is 287 g/mol. The molecule has 1 atom stereocenters. The highest BCUT2D eigenvalue weighted by molar-refractivity contribution is 9.10. The van der Waals surface area contributed by atoms with Crippen molar-refractivity contribution in [3.05, 3.63) is 34.3 Å². The number of carboxylic acid groups (broad SMARTS) is 1. The molecular formula is C10H10BrNO4. The van der Waals surface area contributed by atoms with Gasteiger partial charge >= 0.3 is 5.97 Å². The lowest BCUT2D eigenvalue weighted by molar-refractivity contribution is -0.146. The lowest BCUT2D eigenvalue weighted by atomic mass is 10.2. The molecule has 0 saturated heterocycles. The van der Waals surface area contributed by atoms with E-state index in [0.29, 0.717) is 10.0 Å². The van der Waals surface area contributed by atoms with Crippen LogP contribution in [0.25, 0.3) is 0 Å². The molecule has 0 heterocycles. The molecule has 3 N–H and O–H groups in total. The van der Waals surface area contributed by atoms with E-state index in [1.807, 2.05) is 0 Å². The molecule has 1 aromatic carbocycles. The quantitative estimate of drug-likeness (QED) is 0.758. The number of aliphatic hydroxyl groups excluding tert-OH is 1. The summed E-state index contributed by atoms with van der Waals surface area (Å²) in [6.45, 7) is -0.324. The lowest BCUT2D eigenvalue weighted by Gasteiger charge is -2.08. The Bertz CT molecular complexity index is 408. The Labute approximate surface area is 100 Å². The van der Waals surface area contributed by atoms with Crippen LogP contribution in [0, 0.1) is 0 Å². The molecule has 0 aromatic heterocycles. The van der Waals surface area contributed by atoms with Crippen LogP contribution in [0.5, 0.6) is 0 Å². The Balaban J connectivity index is 2.60. The normalized spacial score (nSPS) is 11.9. The van der Waals surface area contributed by atoms with Gasteiger partial charge in [0.25, 0.3) is 5.91 Å². The second kappa shape index (κ2) is 5.62. The molecular weight excluding hydrogens is 278 g/mol. The number of benzene rings is 1. The standard InChI is InChI=1S/C10H10BrNO4/c11-7-4-2-1-3-6(7)9(14)12-5-8(13)10(15)16/h1-4,8,13H,5H2,(H,12,14)(H,15,16). The van der Waals surface area contributed by atoms with Crippen LogP contribution in [-0.4, -0.2) is 34.7 Å². The predicted molar refractivity (Wildman–Crippen MR) is 60.1 cm³/mol. The van der Waals surface area contributed by atoms with Gasteiger partial charge < -0.3 is 15.5 Å². The van der Waals surface area contributed by atoms with E-state index in [0.717, 1.165) is 0 Å². The van der Waals surface area contributed by atoms with Gasteiger partial charge in [-0.2, -0.15) is 0 Å². The van der Waals surface area contributed by atoms with Crippen molar-refractivity contribution in [1.29, 1.82) is 0 Å². The first-order valence-electron chi connectivity index (χ1n) is 4.46. The van der Waals surface area contributed by atoms with E-state index in [1.54, 1.807) is 24.3 Å². The van der Waals surface area contributed by atoms with Gasteiger partial charge in [0.2, 0.25) is 0 Å². The molecule has 1 rings (SSSR count). The first-order chi connectivity index (χ1) is 7.52. The number of hydrogen-bond acceptors (Lipinski definition) is 3. The number of halogens is 1. The van der Waals surface area contributed by atoms with Crippen molar-refractivity contribution in [3.8, 4) is 0 Å². The Morgan fingerprint density at radius 1 is 1.38 bits per heavy atom. The number of amides is 1. The summed E-state index contributed by atoms with van der Waals surface area (Å²) >= 11 is 3.19. The number of carbonyl (C=O) groups excluding carboxylic acids is 1. The third kappa shape index (κ3) is 3.32. The fourth-order valence-corrected chi connectivity index (χ4v) is 1.48. The van der Waals surface area contributed by atoms with Gasteiger partial charge in [-0.25, -0.2) is 4.79 Å². The first kappa shape index (κ1) is 12.7. The summed E-state index contributed by atoms with van der Waals surface area (Å²) in [6, 6.07) is 6.73. The van der Waals surface area contributed by atoms with E-state index in [9.17, 15) is 9.59 Å². The van der Waals surface area contributed by atoms with Gasteiger partial charge in [0.15, 0.2) is 6.10 Å². The van der Waals surface area contributed by atoms with E-state index in [-0.39, 0.29) is 6.54 Å². The summed E-state index contributed by atoms with van der Waals surface area (Å²) in [5.74, 6) is -1.81. The number of aliphatic carboxylic acids is 1. The molecule has 0 spiro atoms. The SMILES string of the molecule is O=C(NCC(O)C(=O)O)c1ccccc1Br. The van der Waals surface area contributed by atoms with Gasteiger partial charge in [0.05, 0.1) is 12.1 Å². The number of rotatable bonds is 4. The number of hydrogen-bond donors (Lipinski definition) is 3. The third-order valence-corrected chi connectivity index (χ3v) is 2.55. The Morgan fingerprint density at radius 2 is 2.00 bits per heavy atom. The minimum atomic E-state index is -1.59. The maximum atomic E-state index is 11.5. The smallest absolute Gasteiger partial charge is 0.334 e. The summed E-state index contributed by atoms with van der Waals surface area (Å²) in [5, 5.41) is 19.7. The highest BCUT2D eigenvalue weighted by Gasteiger charge is 2.15. The maximum absolute atomic E-state index is 11.5. The van der Waals surface area contributed by atoms with E-state index >= 15 is 0 Å². The van der Waals surface area contributed by atoms with Crippen molar-refractivity contribution in [1.82, 2.24) is 5.32 Å². The zero-order valence-corrected chi connectivity index (χ0v) is 9.77. The topological polar surface area (TPSA) is 86.6 Å². The third-order valence-electron chi connectivity index (χ3n) is 1.86. The second-order valence-corrected chi connectivity index (χ2v) is 3.90. The number of carbonyl (C=O) groups is 2. The van der Waals surface area contributed by atoms with Crippen LogP contribution in [0.15, 0.2) is 28.7 Å². The Morgan fingerprint density at radius 3 is 2.56 bits per heavy atom. The second-order valence-electron chi connectivity index (χ2n) is 3.04. The zero-order chi connectivity index (χ0) is 12.1. The van der Waals surface area contributed by atoms with Gasteiger partial charge in [-0.05, 0) is 28.1 Å².